The van der Waals surface area contributed by atoms with Crippen LogP contribution in [0.4, 0.5) is 0 Å². The summed E-state index contributed by atoms with van der Waals surface area (Å²) in [5.41, 5.74) is 3.75. The first-order valence-corrected chi connectivity index (χ1v) is 11.7. The van der Waals surface area contributed by atoms with Gasteiger partial charge in [-0.2, -0.15) is 0 Å². The quantitative estimate of drug-likeness (QED) is 0.498. The molecule has 30 heavy (non-hydrogen) atoms. The normalized spacial score (nSPS) is 16.5. The van der Waals surface area contributed by atoms with E-state index in [0.717, 1.165) is 57.5 Å². The number of ether oxygens (including phenoxy) is 1. The van der Waals surface area contributed by atoms with E-state index in [1.165, 1.54) is 21.0 Å². The summed E-state index contributed by atoms with van der Waals surface area (Å²) in [5, 5.41) is 8.05. The van der Waals surface area contributed by atoms with Gasteiger partial charge < -0.3 is 15.4 Å². The largest absolute Gasteiger partial charge is 0.379 e. The maximum absolute atomic E-state index is 5.57. The van der Waals surface area contributed by atoms with Gasteiger partial charge in [0.05, 0.1) is 36.5 Å². The van der Waals surface area contributed by atoms with Gasteiger partial charge in [-0.25, -0.2) is 4.98 Å². The lowest BCUT2D eigenvalue weighted by atomic mass is 10.0. The van der Waals surface area contributed by atoms with Gasteiger partial charge in [0.1, 0.15) is 0 Å². The SMILES string of the molecule is CCNC(=NCC(c1cccc(C)c1)N1CCOCC1)NCCc1nc(C)c(C)s1. The number of guanidine groups is 1. The van der Waals surface area contributed by atoms with Gasteiger partial charge >= 0.3 is 0 Å². The van der Waals surface area contributed by atoms with Crippen molar-refractivity contribution in [3.63, 3.8) is 0 Å². The molecule has 1 saturated heterocycles. The molecule has 1 unspecified atom stereocenters. The molecule has 0 aliphatic carbocycles. The number of morpholine rings is 1. The van der Waals surface area contributed by atoms with E-state index in [2.05, 4.69) is 72.5 Å². The Hall–Kier alpha value is -1.96. The van der Waals surface area contributed by atoms with Crippen LogP contribution in [0.3, 0.4) is 0 Å². The van der Waals surface area contributed by atoms with E-state index in [4.69, 9.17) is 9.73 Å². The first-order chi connectivity index (χ1) is 14.6. The van der Waals surface area contributed by atoms with Gasteiger partial charge in [0, 0.05) is 37.5 Å². The molecule has 3 rings (SSSR count). The van der Waals surface area contributed by atoms with E-state index in [1.807, 2.05) is 0 Å². The topological polar surface area (TPSA) is 61.8 Å². The molecule has 0 spiro atoms. The summed E-state index contributed by atoms with van der Waals surface area (Å²) in [6.45, 7) is 14.3. The summed E-state index contributed by atoms with van der Waals surface area (Å²) in [5.74, 6) is 0.869. The molecule has 1 aromatic carbocycles. The van der Waals surface area contributed by atoms with E-state index in [-0.39, 0.29) is 6.04 Å². The lowest BCUT2D eigenvalue weighted by Gasteiger charge is -2.34. The molecule has 2 heterocycles. The molecule has 1 fully saturated rings. The maximum atomic E-state index is 5.57. The molecular weight excluding hydrogens is 394 g/mol. The number of hydrogen-bond donors (Lipinski definition) is 2. The fourth-order valence-electron chi connectivity index (χ4n) is 3.65. The Morgan fingerprint density at radius 3 is 2.70 bits per heavy atom. The van der Waals surface area contributed by atoms with Gasteiger partial charge in [0.2, 0.25) is 0 Å². The summed E-state index contributed by atoms with van der Waals surface area (Å²) in [6, 6.07) is 9.05. The number of aromatic nitrogens is 1. The van der Waals surface area contributed by atoms with Crippen molar-refractivity contribution in [3.05, 3.63) is 51.0 Å². The predicted molar refractivity (Wildman–Crippen MR) is 126 cm³/mol. The van der Waals surface area contributed by atoms with Crippen molar-refractivity contribution in [2.45, 2.75) is 40.2 Å². The number of rotatable bonds is 8. The first kappa shape index (κ1) is 22.7. The molecule has 0 amide bonds. The number of aliphatic imine (C=N–C) groups is 1. The second kappa shape index (κ2) is 11.4. The predicted octanol–water partition coefficient (Wildman–Crippen LogP) is 3.24. The monoisotopic (exact) mass is 429 g/mol. The Bertz CT molecular complexity index is 809. The van der Waals surface area contributed by atoms with Crippen LogP contribution in [0.5, 0.6) is 0 Å². The third-order valence-electron chi connectivity index (χ3n) is 5.38. The molecule has 2 aromatic rings. The van der Waals surface area contributed by atoms with Crippen LogP contribution in [0.15, 0.2) is 29.3 Å². The third kappa shape index (κ3) is 6.52. The van der Waals surface area contributed by atoms with Crippen LogP contribution < -0.4 is 10.6 Å². The average Bonchev–Trinajstić information content (AvgIpc) is 3.06. The van der Waals surface area contributed by atoms with Gasteiger partial charge in [-0.1, -0.05) is 29.8 Å². The second-order valence-electron chi connectivity index (χ2n) is 7.72. The van der Waals surface area contributed by atoms with Crippen molar-refractivity contribution in [3.8, 4) is 0 Å². The molecule has 164 valence electrons. The highest BCUT2D eigenvalue weighted by atomic mass is 32.1. The van der Waals surface area contributed by atoms with Crippen molar-refractivity contribution in [1.82, 2.24) is 20.5 Å². The minimum absolute atomic E-state index is 0.258. The summed E-state index contributed by atoms with van der Waals surface area (Å²) in [6.07, 6.45) is 0.911. The van der Waals surface area contributed by atoms with Crippen LogP contribution >= 0.6 is 11.3 Å². The summed E-state index contributed by atoms with van der Waals surface area (Å²) < 4.78 is 5.57. The van der Waals surface area contributed by atoms with Crippen LogP contribution in [0, 0.1) is 20.8 Å². The van der Waals surface area contributed by atoms with Crippen LogP contribution in [-0.2, 0) is 11.2 Å². The first-order valence-electron chi connectivity index (χ1n) is 10.9. The molecule has 1 atom stereocenters. The van der Waals surface area contributed by atoms with E-state index in [9.17, 15) is 0 Å². The van der Waals surface area contributed by atoms with Crippen molar-refractivity contribution in [2.75, 3.05) is 45.9 Å². The Balaban J connectivity index is 1.66. The Kier molecular flexibility index (Phi) is 8.66. The standard InChI is InChI=1S/C23H35N5OS/c1-5-24-23(25-10-9-22-27-18(3)19(4)30-22)26-16-21(28-11-13-29-14-12-28)20-8-6-7-17(2)15-20/h6-8,15,21H,5,9-14,16H2,1-4H3,(H2,24,25,26). The minimum Gasteiger partial charge on any atom is -0.379 e. The molecule has 2 N–H and O–H groups in total. The number of benzene rings is 1. The number of nitrogens with one attached hydrogen (secondary N) is 2. The summed E-state index contributed by atoms with van der Waals surface area (Å²) in [7, 11) is 0. The molecule has 6 nitrogen and oxygen atoms in total. The fraction of sp³-hybridized carbons (Fsp3) is 0.565. The summed E-state index contributed by atoms with van der Waals surface area (Å²) >= 11 is 1.79. The van der Waals surface area contributed by atoms with Crippen LogP contribution in [-0.4, -0.2) is 61.8 Å². The maximum Gasteiger partial charge on any atom is 0.191 e. The van der Waals surface area contributed by atoms with E-state index >= 15 is 0 Å². The molecule has 1 aliphatic rings. The number of hydrogen-bond acceptors (Lipinski definition) is 5. The smallest absolute Gasteiger partial charge is 0.191 e. The lowest BCUT2D eigenvalue weighted by Crippen LogP contribution is -2.42. The molecule has 1 aromatic heterocycles. The van der Waals surface area contributed by atoms with E-state index in [1.54, 1.807) is 11.3 Å². The van der Waals surface area contributed by atoms with Crippen molar-refractivity contribution >= 4 is 17.3 Å². The lowest BCUT2D eigenvalue weighted by molar-refractivity contribution is 0.0179. The number of aryl methyl sites for hydroxylation is 3. The van der Waals surface area contributed by atoms with Crippen LogP contribution in [0.2, 0.25) is 0 Å². The average molecular weight is 430 g/mol. The summed E-state index contributed by atoms with van der Waals surface area (Å²) in [4.78, 5) is 13.4. The molecule has 7 heteroatoms. The Labute approximate surface area is 184 Å². The highest BCUT2D eigenvalue weighted by Gasteiger charge is 2.22. The number of nitrogens with zero attached hydrogens (tertiary/aromatic N) is 3. The highest BCUT2D eigenvalue weighted by molar-refractivity contribution is 7.11. The van der Waals surface area contributed by atoms with E-state index in [0.29, 0.717) is 6.54 Å². The Morgan fingerprint density at radius 2 is 2.03 bits per heavy atom. The molecule has 1 aliphatic heterocycles. The van der Waals surface area contributed by atoms with E-state index < -0.39 is 0 Å². The zero-order valence-electron chi connectivity index (χ0n) is 18.7. The van der Waals surface area contributed by atoms with Crippen LogP contribution in [0.25, 0.3) is 0 Å². The molecule has 0 bridgehead atoms. The zero-order chi connectivity index (χ0) is 21.3. The minimum atomic E-state index is 0.258. The van der Waals surface area contributed by atoms with Gasteiger partial charge in [-0.15, -0.1) is 11.3 Å². The zero-order valence-corrected chi connectivity index (χ0v) is 19.5. The Morgan fingerprint density at radius 1 is 1.23 bits per heavy atom. The highest BCUT2D eigenvalue weighted by Crippen LogP contribution is 2.23. The van der Waals surface area contributed by atoms with Crippen molar-refractivity contribution in [1.29, 1.82) is 0 Å². The number of thiazole rings is 1. The van der Waals surface area contributed by atoms with Gasteiger partial charge in [-0.3, -0.25) is 9.89 Å². The molecule has 0 saturated carbocycles. The van der Waals surface area contributed by atoms with Gasteiger partial charge in [0.25, 0.3) is 0 Å². The second-order valence-corrected chi connectivity index (χ2v) is 9.01. The van der Waals surface area contributed by atoms with Crippen molar-refractivity contribution in [2.24, 2.45) is 4.99 Å². The molecular formula is C23H35N5OS. The fourth-order valence-corrected chi connectivity index (χ4v) is 4.59. The van der Waals surface area contributed by atoms with Crippen molar-refractivity contribution < 1.29 is 4.74 Å². The third-order valence-corrected chi connectivity index (χ3v) is 6.52. The van der Waals surface area contributed by atoms with Gasteiger partial charge in [-0.05, 0) is 33.3 Å². The van der Waals surface area contributed by atoms with Crippen LogP contribution in [0.1, 0.15) is 39.7 Å². The molecule has 0 radical (unpaired) electrons. The van der Waals surface area contributed by atoms with Gasteiger partial charge in [0.15, 0.2) is 5.96 Å².